The number of carbonyl (C=O) groups excluding carboxylic acids is 1. The number of aliphatic hydroxyl groups excluding tert-OH is 1. The van der Waals surface area contributed by atoms with E-state index in [1.54, 1.807) is 6.08 Å². The second-order valence-electron chi connectivity index (χ2n) is 17.8. The largest absolute Gasteiger partial charge is 0.756 e. The molecule has 9 heteroatoms. The third-order valence-electron chi connectivity index (χ3n) is 10.5. The average molecular weight is 899 g/mol. The van der Waals surface area contributed by atoms with Crippen LogP contribution in [0.4, 0.5) is 0 Å². The summed E-state index contributed by atoms with van der Waals surface area (Å²) in [6, 6.07) is -0.898. The van der Waals surface area contributed by atoms with E-state index in [0.29, 0.717) is 17.4 Å². The summed E-state index contributed by atoms with van der Waals surface area (Å²) < 4.78 is 23.2. The van der Waals surface area contributed by atoms with Gasteiger partial charge in [-0.2, -0.15) is 0 Å². The summed E-state index contributed by atoms with van der Waals surface area (Å²) in [6.07, 6.45) is 63.2. The van der Waals surface area contributed by atoms with Crippen LogP contribution in [0.25, 0.3) is 0 Å². The molecule has 0 spiro atoms. The molecule has 0 saturated carbocycles. The van der Waals surface area contributed by atoms with Crippen LogP contribution in [0.15, 0.2) is 97.2 Å². The number of unbranched alkanes of at least 4 members (excludes halogenated alkanes) is 17. The Bertz CT molecular complexity index is 1340. The number of rotatable bonds is 44. The van der Waals surface area contributed by atoms with Crippen molar-refractivity contribution in [1.29, 1.82) is 0 Å². The molecule has 0 aromatic rings. The van der Waals surface area contributed by atoms with Gasteiger partial charge in [-0.25, -0.2) is 0 Å². The maximum absolute atomic E-state index is 12.9. The minimum atomic E-state index is -4.60. The second kappa shape index (κ2) is 44.6. The third kappa shape index (κ3) is 47.2. The topological polar surface area (TPSA) is 108 Å². The van der Waals surface area contributed by atoms with Gasteiger partial charge in [-0.15, -0.1) is 0 Å². The van der Waals surface area contributed by atoms with Gasteiger partial charge in [0.05, 0.1) is 39.9 Å². The van der Waals surface area contributed by atoms with Crippen LogP contribution >= 0.6 is 7.82 Å². The van der Waals surface area contributed by atoms with Gasteiger partial charge in [0.25, 0.3) is 7.82 Å². The van der Waals surface area contributed by atoms with Crippen LogP contribution in [0.2, 0.25) is 0 Å². The Morgan fingerprint density at radius 1 is 0.571 bits per heavy atom. The van der Waals surface area contributed by atoms with Crippen LogP contribution in [0.5, 0.6) is 0 Å². The zero-order valence-electron chi connectivity index (χ0n) is 41.0. The number of nitrogens with one attached hydrogen (secondary N) is 1. The van der Waals surface area contributed by atoms with Crippen molar-refractivity contribution in [3.8, 4) is 0 Å². The molecule has 3 unspecified atom stereocenters. The normalized spacial score (nSPS) is 15.0. The molecule has 0 aliphatic carbocycles. The van der Waals surface area contributed by atoms with Crippen LogP contribution < -0.4 is 10.2 Å². The zero-order chi connectivity index (χ0) is 46.4. The van der Waals surface area contributed by atoms with Crippen molar-refractivity contribution in [3.05, 3.63) is 97.2 Å². The molecular weight excluding hydrogens is 804 g/mol. The fraction of sp³-hybridized carbons (Fsp3) is 0.685. The number of hydrogen-bond acceptors (Lipinski definition) is 6. The first-order chi connectivity index (χ1) is 30.5. The van der Waals surface area contributed by atoms with E-state index in [1.165, 1.54) is 70.6 Å². The monoisotopic (exact) mass is 899 g/mol. The lowest BCUT2D eigenvalue weighted by Crippen LogP contribution is -2.45. The van der Waals surface area contributed by atoms with E-state index in [-0.39, 0.29) is 12.5 Å². The Kier molecular flexibility index (Phi) is 42.8. The molecular formula is C54H95N2O6P. The lowest BCUT2D eigenvalue weighted by Gasteiger charge is -2.29. The molecule has 1 amide bonds. The van der Waals surface area contributed by atoms with Crippen LogP contribution in [0.1, 0.15) is 187 Å². The van der Waals surface area contributed by atoms with E-state index in [9.17, 15) is 19.4 Å². The zero-order valence-corrected chi connectivity index (χ0v) is 41.9. The van der Waals surface area contributed by atoms with Crippen LogP contribution in [-0.2, 0) is 18.4 Å². The van der Waals surface area contributed by atoms with Gasteiger partial charge in [-0.1, -0.05) is 201 Å². The molecule has 63 heavy (non-hydrogen) atoms. The maximum atomic E-state index is 12.9. The highest BCUT2D eigenvalue weighted by Gasteiger charge is 2.23. The predicted molar refractivity (Wildman–Crippen MR) is 269 cm³/mol. The van der Waals surface area contributed by atoms with E-state index in [2.05, 4.69) is 104 Å². The first kappa shape index (κ1) is 60.4. The number of aliphatic hydroxyl groups is 1. The quantitative estimate of drug-likeness (QED) is 0.0273. The van der Waals surface area contributed by atoms with E-state index >= 15 is 0 Å². The summed E-state index contributed by atoms with van der Waals surface area (Å²) >= 11 is 0. The molecule has 0 rings (SSSR count). The SMILES string of the molecule is CC/C=C\C/C=C\C/C=C\C/C=C\C/C=C\C/C=C\C/C=C\CCCCCCCCCC(=O)NC(COP(=O)([O-])OCC[N+](C)(C)C)C(O)/C=C/CCCCCCCCCCCC. The number of phosphoric ester groups is 1. The lowest BCUT2D eigenvalue weighted by molar-refractivity contribution is -0.870. The summed E-state index contributed by atoms with van der Waals surface area (Å²) in [5, 5.41) is 13.8. The summed E-state index contributed by atoms with van der Waals surface area (Å²) in [7, 11) is 1.24. The highest BCUT2D eigenvalue weighted by Crippen LogP contribution is 2.38. The number of nitrogens with zero attached hydrogens (tertiary/aromatic N) is 1. The smallest absolute Gasteiger partial charge is 0.268 e. The van der Waals surface area contributed by atoms with Gasteiger partial charge in [0, 0.05) is 6.42 Å². The van der Waals surface area contributed by atoms with Gasteiger partial charge in [0.15, 0.2) is 0 Å². The van der Waals surface area contributed by atoms with Gasteiger partial charge in [-0.05, 0) is 77.0 Å². The predicted octanol–water partition coefficient (Wildman–Crippen LogP) is 14.1. The van der Waals surface area contributed by atoms with Crippen molar-refractivity contribution >= 4 is 13.7 Å². The van der Waals surface area contributed by atoms with Gasteiger partial charge in [0.1, 0.15) is 13.2 Å². The van der Waals surface area contributed by atoms with E-state index in [0.717, 1.165) is 96.3 Å². The Morgan fingerprint density at radius 3 is 1.41 bits per heavy atom. The Morgan fingerprint density at radius 2 is 0.968 bits per heavy atom. The van der Waals surface area contributed by atoms with Crippen molar-refractivity contribution < 1.29 is 32.9 Å². The Balaban J connectivity index is 4.27. The van der Waals surface area contributed by atoms with Gasteiger partial charge >= 0.3 is 0 Å². The number of amides is 1. The van der Waals surface area contributed by atoms with E-state index < -0.39 is 26.6 Å². The molecule has 3 atom stereocenters. The highest BCUT2D eigenvalue weighted by molar-refractivity contribution is 7.45. The van der Waals surface area contributed by atoms with Crippen molar-refractivity contribution in [2.75, 3.05) is 40.9 Å². The fourth-order valence-corrected chi connectivity index (χ4v) is 7.32. The molecule has 0 radical (unpaired) electrons. The number of hydrogen-bond donors (Lipinski definition) is 2. The molecule has 0 heterocycles. The number of likely N-dealkylation sites (N-methyl/N-ethyl adjacent to an activating group) is 1. The molecule has 0 aromatic heterocycles. The first-order valence-electron chi connectivity index (χ1n) is 25.1. The second-order valence-corrected chi connectivity index (χ2v) is 19.2. The van der Waals surface area contributed by atoms with E-state index in [4.69, 9.17) is 9.05 Å². The number of carbonyl (C=O) groups is 1. The number of quaternary nitrogens is 1. The molecule has 0 saturated heterocycles. The molecule has 0 aliphatic rings. The van der Waals surface area contributed by atoms with Gasteiger partial charge < -0.3 is 28.8 Å². The third-order valence-corrected chi connectivity index (χ3v) is 11.5. The van der Waals surface area contributed by atoms with Gasteiger partial charge in [0.2, 0.25) is 5.91 Å². The highest BCUT2D eigenvalue weighted by atomic mass is 31.2. The standard InChI is InChI=1S/C54H95N2O6P/c1-6-8-10-12-14-16-18-20-21-22-23-24-25-26-27-28-29-30-31-32-33-34-35-36-38-40-42-44-46-48-54(58)55-52(51-62-63(59,60)61-50-49-56(3,4)5)53(57)47-45-43-41-39-37-19-17-15-13-11-9-7-2/h8,10,14,16,20-21,23-24,26-27,29-30,32-33,45,47,52-53,57H,6-7,9,11-13,15,17-19,22,25,28,31,34-44,46,48-51H2,1-5H3,(H-,55,58,59,60)/b10-8-,16-14-,21-20-,24-23-,27-26-,30-29-,33-32-,47-45+. The molecule has 2 N–H and O–H groups in total. The summed E-state index contributed by atoms with van der Waals surface area (Å²) in [5.74, 6) is -0.215. The van der Waals surface area contributed by atoms with Crippen molar-refractivity contribution in [3.63, 3.8) is 0 Å². The first-order valence-corrected chi connectivity index (χ1v) is 26.6. The Labute approximate surface area is 388 Å². The molecule has 0 fully saturated rings. The van der Waals surface area contributed by atoms with Crippen molar-refractivity contribution in [1.82, 2.24) is 5.32 Å². The number of phosphoric acid groups is 1. The average Bonchev–Trinajstić information content (AvgIpc) is 3.24. The number of allylic oxidation sites excluding steroid dienone is 15. The molecule has 0 bridgehead atoms. The van der Waals surface area contributed by atoms with Crippen molar-refractivity contribution in [2.24, 2.45) is 0 Å². The summed E-state index contributed by atoms with van der Waals surface area (Å²) in [5.41, 5.74) is 0. The molecule has 8 nitrogen and oxygen atoms in total. The summed E-state index contributed by atoms with van der Waals surface area (Å²) in [6.45, 7) is 4.49. The van der Waals surface area contributed by atoms with Crippen LogP contribution in [0.3, 0.4) is 0 Å². The molecule has 0 aliphatic heterocycles. The summed E-state index contributed by atoms with van der Waals surface area (Å²) in [4.78, 5) is 25.4. The van der Waals surface area contributed by atoms with E-state index in [1.807, 2.05) is 27.2 Å². The maximum Gasteiger partial charge on any atom is 0.268 e. The fourth-order valence-electron chi connectivity index (χ4n) is 6.60. The Hall–Kier alpha value is -2.58. The van der Waals surface area contributed by atoms with Crippen LogP contribution in [-0.4, -0.2) is 68.5 Å². The molecule has 362 valence electrons. The lowest BCUT2D eigenvalue weighted by atomic mass is 10.1. The van der Waals surface area contributed by atoms with Crippen LogP contribution in [0, 0.1) is 0 Å². The molecule has 0 aromatic carbocycles. The van der Waals surface area contributed by atoms with Gasteiger partial charge in [-0.3, -0.25) is 9.36 Å². The minimum absolute atomic E-state index is 0.00854. The minimum Gasteiger partial charge on any atom is -0.756 e. The van der Waals surface area contributed by atoms with Crippen molar-refractivity contribution in [2.45, 2.75) is 199 Å².